The molecule has 1 unspecified atom stereocenters. The van der Waals surface area contributed by atoms with Gasteiger partial charge in [0.15, 0.2) is 0 Å². The number of hydrogen-bond donors (Lipinski definition) is 2. The highest BCUT2D eigenvalue weighted by molar-refractivity contribution is 7.98. The molecule has 0 aliphatic rings. The first-order valence-corrected chi connectivity index (χ1v) is 7.22. The van der Waals surface area contributed by atoms with Crippen LogP contribution in [-0.2, 0) is 0 Å². The summed E-state index contributed by atoms with van der Waals surface area (Å²) in [7, 11) is 0. The van der Waals surface area contributed by atoms with Crippen molar-refractivity contribution in [2.75, 3.05) is 18.6 Å². The van der Waals surface area contributed by atoms with Gasteiger partial charge in [-0.05, 0) is 24.8 Å². The third-order valence-corrected chi connectivity index (χ3v) is 3.31. The van der Waals surface area contributed by atoms with E-state index in [1.807, 2.05) is 6.26 Å². The maximum absolute atomic E-state index is 13.7. The first kappa shape index (κ1) is 16.4. The van der Waals surface area contributed by atoms with Crippen molar-refractivity contribution in [3.63, 3.8) is 0 Å². The molecule has 1 rings (SSSR count). The molecule has 0 saturated heterocycles. The molecule has 0 spiro atoms. The molecular weight excluding hydrogens is 286 g/mol. The van der Waals surface area contributed by atoms with Crippen LogP contribution in [0.2, 0.25) is 0 Å². The summed E-state index contributed by atoms with van der Waals surface area (Å²) in [6.45, 7) is -0.135. The van der Waals surface area contributed by atoms with Crippen LogP contribution in [0.25, 0.3) is 0 Å². The Bertz CT molecular complexity index is 503. The summed E-state index contributed by atoms with van der Waals surface area (Å²) in [6.07, 6.45) is 2.12. The van der Waals surface area contributed by atoms with Crippen LogP contribution in [0.15, 0.2) is 12.1 Å². The van der Waals surface area contributed by atoms with Gasteiger partial charge in [0.1, 0.15) is 17.2 Å². The predicted molar refractivity (Wildman–Crippen MR) is 72.4 cm³/mol. The number of thioether (sulfide) groups is 1. The average Bonchev–Trinajstić information content (AvgIpc) is 2.38. The fourth-order valence-electron chi connectivity index (χ4n) is 1.67. The maximum Gasteiger partial charge on any atom is 0.257 e. The van der Waals surface area contributed by atoms with E-state index < -0.39 is 23.1 Å². The lowest BCUT2D eigenvalue weighted by molar-refractivity contribution is 0.0927. The summed E-state index contributed by atoms with van der Waals surface area (Å²) in [5.74, 6) is -2.53. The molecule has 1 aromatic carbocycles. The lowest BCUT2D eigenvalue weighted by Gasteiger charge is -2.17. The Morgan fingerprint density at radius 3 is 2.55 bits per heavy atom. The number of aliphatic hydroxyl groups excluding tert-OH is 1. The van der Waals surface area contributed by atoms with Crippen LogP contribution in [0.1, 0.15) is 22.3 Å². The van der Waals surface area contributed by atoms with Crippen LogP contribution in [0.5, 0.6) is 0 Å². The van der Waals surface area contributed by atoms with Crippen molar-refractivity contribution in [2.45, 2.75) is 12.5 Å². The molecule has 0 saturated carbocycles. The topological polar surface area (TPSA) is 73.1 Å². The van der Waals surface area contributed by atoms with E-state index in [-0.39, 0.29) is 18.2 Å². The van der Waals surface area contributed by atoms with Gasteiger partial charge in [0.05, 0.1) is 11.6 Å². The summed E-state index contributed by atoms with van der Waals surface area (Å²) in [5, 5.41) is 19.9. The largest absolute Gasteiger partial charge is 0.396 e. The SMILES string of the molecule is CSCC(CCO)NC(=O)c1c(F)cc(C#N)cc1F. The Labute approximate surface area is 119 Å². The van der Waals surface area contributed by atoms with E-state index in [1.54, 1.807) is 6.07 Å². The molecule has 20 heavy (non-hydrogen) atoms. The van der Waals surface area contributed by atoms with Gasteiger partial charge in [0.25, 0.3) is 5.91 Å². The average molecular weight is 300 g/mol. The summed E-state index contributed by atoms with van der Waals surface area (Å²) in [5.41, 5.74) is -0.902. The summed E-state index contributed by atoms with van der Waals surface area (Å²) >= 11 is 1.44. The molecule has 0 fully saturated rings. The fourth-order valence-corrected chi connectivity index (χ4v) is 2.32. The van der Waals surface area contributed by atoms with Gasteiger partial charge in [-0.15, -0.1) is 0 Å². The molecule has 7 heteroatoms. The number of nitrogens with one attached hydrogen (secondary N) is 1. The van der Waals surface area contributed by atoms with E-state index in [9.17, 15) is 13.6 Å². The molecule has 0 heterocycles. The highest BCUT2D eigenvalue weighted by Crippen LogP contribution is 2.15. The zero-order valence-electron chi connectivity index (χ0n) is 10.8. The Morgan fingerprint density at radius 2 is 2.10 bits per heavy atom. The van der Waals surface area contributed by atoms with Gasteiger partial charge >= 0.3 is 0 Å². The zero-order valence-corrected chi connectivity index (χ0v) is 11.6. The van der Waals surface area contributed by atoms with E-state index in [0.29, 0.717) is 12.2 Å². The molecule has 0 aliphatic heterocycles. The molecule has 1 amide bonds. The number of nitrogens with zero attached hydrogens (tertiary/aromatic N) is 1. The number of aliphatic hydroxyl groups is 1. The highest BCUT2D eigenvalue weighted by Gasteiger charge is 2.21. The molecular formula is C13H14F2N2O2S. The quantitative estimate of drug-likeness (QED) is 0.838. The van der Waals surface area contributed by atoms with E-state index in [1.165, 1.54) is 11.8 Å². The smallest absolute Gasteiger partial charge is 0.257 e. The van der Waals surface area contributed by atoms with Crippen LogP contribution >= 0.6 is 11.8 Å². The minimum Gasteiger partial charge on any atom is -0.396 e. The highest BCUT2D eigenvalue weighted by atomic mass is 32.2. The van der Waals surface area contributed by atoms with Gasteiger partial charge in [-0.1, -0.05) is 0 Å². The third kappa shape index (κ3) is 4.18. The second-order valence-corrected chi connectivity index (χ2v) is 4.98. The number of halogens is 2. The monoisotopic (exact) mass is 300 g/mol. The molecule has 0 aromatic heterocycles. The Balaban J connectivity index is 2.95. The first-order valence-electron chi connectivity index (χ1n) is 5.83. The van der Waals surface area contributed by atoms with Gasteiger partial charge in [0, 0.05) is 18.4 Å². The van der Waals surface area contributed by atoms with Gasteiger partial charge in [-0.2, -0.15) is 17.0 Å². The van der Waals surface area contributed by atoms with Gasteiger partial charge in [0.2, 0.25) is 0 Å². The first-order chi connectivity index (χ1) is 9.53. The number of carbonyl (C=O) groups excluding carboxylic acids is 1. The second-order valence-electron chi connectivity index (χ2n) is 4.06. The van der Waals surface area contributed by atoms with Crippen LogP contribution in [-0.4, -0.2) is 35.7 Å². The van der Waals surface area contributed by atoms with Crippen LogP contribution in [0.3, 0.4) is 0 Å². The lowest BCUT2D eigenvalue weighted by atomic mass is 10.1. The fraction of sp³-hybridized carbons (Fsp3) is 0.385. The molecule has 4 nitrogen and oxygen atoms in total. The van der Waals surface area contributed by atoms with Gasteiger partial charge < -0.3 is 10.4 Å². The summed E-state index contributed by atoms with van der Waals surface area (Å²) < 4.78 is 27.3. The number of nitriles is 1. The van der Waals surface area contributed by atoms with Crippen LogP contribution < -0.4 is 5.32 Å². The second kappa shape index (κ2) is 7.82. The van der Waals surface area contributed by atoms with Crippen LogP contribution in [0.4, 0.5) is 8.78 Å². The normalized spacial score (nSPS) is 11.8. The van der Waals surface area contributed by atoms with Crippen LogP contribution in [0, 0.1) is 23.0 Å². The Morgan fingerprint density at radius 1 is 1.50 bits per heavy atom. The third-order valence-electron chi connectivity index (χ3n) is 2.58. The number of hydrogen-bond acceptors (Lipinski definition) is 4. The van der Waals surface area contributed by atoms with Gasteiger partial charge in [-0.25, -0.2) is 8.78 Å². The van der Waals surface area contributed by atoms with Crippen molar-refractivity contribution in [1.82, 2.24) is 5.32 Å². The summed E-state index contributed by atoms with van der Waals surface area (Å²) in [6, 6.07) is 2.86. The molecule has 0 aliphatic carbocycles. The molecule has 1 aromatic rings. The molecule has 0 radical (unpaired) electrons. The van der Waals surface area contributed by atoms with E-state index >= 15 is 0 Å². The molecule has 0 bridgehead atoms. The van der Waals surface area contributed by atoms with E-state index in [4.69, 9.17) is 10.4 Å². The Hall–Kier alpha value is -1.65. The number of benzene rings is 1. The lowest BCUT2D eigenvalue weighted by Crippen LogP contribution is -2.38. The van der Waals surface area contributed by atoms with Gasteiger partial charge in [-0.3, -0.25) is 4.79 Å². The van der Waals surface area contributed by atoms with E-state index in [2.05, 4.69) is 5.32 Å². The van der Waals surface area contributed by atoms with Crippen molar-refractivity contribution in [1.29, 1.82) is 5.26 Å². The predicted octanol–water partition coefficient (Wildman–Crippen LogP) is 1.68. The van der Waals surface area contributed by atoms with Crippen molar-refractivity contribution in [2.24, 2.45) is 0 Å². The molecule has 2 N–H and O–H groups in total. The maximum atomic E-state index is 13.7. The van der Waals surface area contributed by atoms with Crippen molar-refractivity contribution in [3.8, 4) is 6.07 Å². The minimum atomic E-state index is -1.08. The molecule has 1 atom stereocenters. The van der Waals surface area contributed by atoms with Crippen molar-refractivity contribution in [3.05, 3.63) is 34.9 Å². The van der Waals surface area contributed by atoms with E-state index in [0.717, 1.165) is 12.1 Å². The molecule has 108 valence electrons. The standard InChI is InChI=1S/C13H14F2N2O2S/c1-20-7-9(2-3-18)17-13(19)12-10(14)4-8(6-16)5-11(12)15/h4-5,9,18H,2-3,7H2,1H3,(H,17,19). The number of rotatable bonds is 6. The minimum absolute atomic E-state index is 0.135. The number of carbonyl (C=O) groups is 1. The zero-order chi connectivity index (χ0) is 15.1. The summed E-state index contributed by atoms with van der Waals surface area (Å²) in [4.78, 5) is 11.9. The van der Waals surface area contributed by atoms with Crippen molar-refractivity contribution < 1.29 is 18.7 Å². The number of amides is 1. The Kier molecular flexibility index (Phi) is 6.42. The van der Waals surface area contributed by atoms with Crippen molar-refractivity contribution >= 4 is 17.7 Å².